The molecule has 0 saturated carbocycles. The van der Waals surface area contributed by atoms with Crippen LogP contribution in [0.2, 0.25) is 0 Å². The van der Waals surface area contributed by atoms with Crippen LogP contribution in [0.4, 0.5) is 0 Å². The Kier molecular flexibility index (Phi) is 19.0. The van der Waals surface area contributed by atoms with Gasteiger partial charge >= 0.3 is 5.97 Å². The fourth-order valence-corrected chi connectivity index (χ4v) is 3.38. The third kappa shape index (κ3) is 17.5. The number of hydrogen-bond acceptors (Lipinski definition) is 8. The van der Waals surface area contributed by atoms with E-state index in [4.69, 9.17) is 19.9 Å². The van der Waals surface area contributed by atoms with Crippen molar-refractivity contribution < 1.29 is 38.5 Å². The average molecular weight is 567 g/mol. The minimum atomic E-state index is -1.12. The number of carbonyl (C=O) groups excluding carboxylic acids is 3. The SMILES string of the molecule is CC(C)C(N)C(=O)NCCCOCCOCCOCCCNC(=O)CCC(=O)NC(Cc1ccccc1)C(=O)O. The number of amides is 3. The molecule has 1 aromatic carbocycles. The van der Waals surface area contributed by atoms with Gasteiger partial charge in [0.05, 0.1) is 32.5 Å². The van der Waals surface area contributed by atoms with E-state index < -0.39 is 24.0 Å². The number of nitrogens with one attached hydrogen (secondary N) is 3. The van der Waals surface area contributed by atoms with E-state index in [1.54, 1.807) is 24.3 Å². The van der Waals surface area contributed by atoms with Gasteiger partial charge in [0, 0.05) is 45.6 Å². The number of carboxylic acids is 1. The maximum atomic E-state index is 12.1. The maximum Gasteiger partial charge on any atom is 0.326 e. The number of carboxylic acid groups (broad SMARTS) is 1. The summed E-state index contributed by atoms with van der Waals surface area (Å²) in [7, 11) is 0. The van der Waals surface area contributed by atoms with Crippen molar-refractivity contribution in [3.8, 4) is 0 Å². The van der Waals surface area contributed by atoms with Crippen LogP contribution in [0.5, 0.6) is 0 Å². The number of nitrogens with two attached hydrogens (primary N) is 1. The van der Waals surface area contributed by atoms with Gasteiger partial charge in [-0.05, 0) is 24.3 Å². The number of benzene rings is 1. The molecule has 0 aliphatic heterocycles. The standard InChI is InChI=1S/C28H46N4O8/c1-21(2)26(29)27(35)31-13-7-15-39-17-19-40-18-16-38-14-6-12-30-24(33)10-11-25(34)32-23(28(36)37)20-22-8-4-3-5-9-22/h3-5,8-9,21,23,26H,6-7,10-20,29H2,1-2H3,(H,30,33)(H,31,35)(H,32,34)(H,36,37). The topological polar surface area (TPSA) is 178 Å². The van der Waals surface area contributed by atoms with Gasteiger partial charge < -0.3 is 41.0 Å². The summed E-state index contributed by atoms with van der Waals surface area (Å²) >= 11 is 0. The van der Waals surface area contributed by atoms with Crippen LogP contribution in [0.3, 0.4) is 0 Å². The van der Waals surface area contributed by atoms with Crippen molar-refractivity contribution in [2.75, 3.05) is 52.7 Å². The Morgan fingerprint density at radius 2 is 1.32 bits per heavy atom. The van der Waals surface area contributed by atoms with Crippen molar-refractivity contribution in [3.05, 3.63) is 35.9 Å². The van der Waals surface area contributed by atoms with Gasteiger partial charge in [0.2, 0.25) is 17.7 Å². The normalized spacial score (nSPS) is 12.5. The molecule has 3 amide bonds. The molecule has 40 heavy (non-hydrogen) atoms. The lowest BCUT2D eigenvalue weighted by atomic mass is 10.1. The molecule has 1 aromatic rings. The van der Waals surface area contributed by atoms with Gasteiger partial charge in [-0.25, -0.2) is 4.79 Å². The Morgan fingerprint density at radius 3 is 1.88 bits per heavy atom. The summed E-state index contributed by atoms with van der Waals surface area (Å²) in [4.78, 5) is 47.2. The van der Waals surface area contributed by atoms with Crippen LogP contribution in [0.15, 0.2) is 30.3 Å². The van der Waals surface area contributed by atoms with Crippen molar-refractivity contribution in [2.45, 2.75) is 58.0 Å². The summed E-state index contributed by atoms with van der Waals surface area (Å²) in [6.45, 7) is 7.45. The number of hydrogen-bond donors (Lipinski definition) is 5. The molecule has 12 heteroatoms. The molecule has 6 N–H and O–H groups in total. The lowest BCUT2D eigenvalue weighted by Crippen LogP contribution is -2.44. The second kappa shape index (κ2) is 21.7. The molecule has 0 saturated heterocycles. The first-order valence-electron chi connectivity index (χ1n) is 13.8. The van der Waals surface area contributed by atoms with Crippen LogP contribution in [0.25, 0.3) is 0 Å². The molecule has 0 heterocycles. The Hall–Kier alpha value is -3.06. The van der Waals surface area contributed by atoms with Crippen molar-refractivity contribution >= 4 is 23.7 Å². The minimum Gasteiger partial charge on any atom is -0.480 e. The van der Waals surface area contributed by atoms with Gasteiger partial charge in [0.1, 0.15) is 6.04 Å². The number of rotatable bonds is 23. The predicted molar refractivity (Wildman–Crippen MR) is 149 cm³/mol. The highest BCUT2D eigenvalue weighted by Crippen LogP contribution is 2.04. The largest absolute Gasteiger partial charge is 0.480 e. The first-order valence-corrected chi connectivity index (χ1v) is 13.8. The summed E-state index contributed by atoms with van der Waals surface area (Å²) < 4.78 is 16.3. The Bertz CT molecular complexity index is 869. The van der Waals surface area contributed by atoms with E-state index in [1.807, 2.05) is 19.9 Å². The molecule has 1 rings (SSSR count). The summed E-state index contributed by atoms with van der Waals surface area (Å²) in [5, 5.41) is 17.3. The van der Waals surface area contributed by atoms with E-state index in [0.29, 0.717) is 65.6 Å². The molecule has 12 nitrogen and oxygen atoms in total. The molecule has 2 atom stereocenters. The second-order valence-corrected chi connectivity index (χ2v) is 9.60. The third-order valence-electron chi connectivity index (χ3n) is 5.81. The van der Waals surface area contributed by atoms with E-state index in [-0.39, 0.29) is 37.0 Å². The molecular formula is C28H46N4O8. The maximum absolute atomic E-state index is 12.1. The zero-order valence-electron chi connectivity index (χ0n) is 23.7. The average Bonchev–Trinajstić information content (AvgIpc) is 2.93. The van der Waals surface area contributed by atoms with E-state index >= 15 is 0 Å². The van der Waals surface area contributed by atoms with Crippen LogP contribution in [-0.4, -0.2) is 93.6 Å². The summed E-state index contributed by atoms with van der Waals surface area (Å²) in [5.41, 5.74) is 6.57. The van der Waals surface area contributed by atoms with E-state index in [0.717, 1.165) is 5.56 Å². The van der Waals surface area contributed by atoms with Gasteiger partial charge in [-0.15, -0.1) is 0 Å². The highest BCUT2D eigenvalue weighted by atomic mass is 16.5. The van der Waals surface area contributed by atoms with Crippen LogP contribution >= 0.6 is 0 Å². The highest BCUT2D eigenvalue weighted by molar-refractivity contribution is 5.87. The fraction of sp³-hybridized carbons (Fsp3) is 0.643. The molecule has 2 unspecified atom stereocenters. The summed E-state index contributed by atoms with van der Waals surface area (Å²) in [6.07, 6.45) is 1.36. The van der Waals surface area contributed by atoms with Crippen molar-refractivity contribution in [3.63, 3.8) is 0 Å². The molecule has 0 fully saturated rings. The monoisotopic (exact) mass is 566 g/mol. The Labute approximate surface area is 236 Å². The minimum absolute atomic E-state index is 0.0266. The van der Waals surface area contributed by atoms with Crippen molar-refractivity contribution in [1.82, 2.24) is 16.0 Å². The highest BCUT2D eigenvalue weighted by Gasteiger charge is 2.20. The Balaban J connectivity index is 1.93. The van der Waals surface area contributed by atoms with E-state index in [2.05, 4.69) is 16.0 Å². The van der Waals surface area contributed by atoms with Crippen LogP contribution in [0, 0.1) is 5.92 Å². The number of ether oxygens (including phenoxy) is 3. The molecule has 0 radical (unpaired) electrons. The predicted octanol–water partition coefficient (Wildman–Crippen LogP) is 0.624. The summed E-state index contributed by atoms with van der Waals surface area (Å²) in [5.74, 6) is -1.93. The smallest absolute Gasteiger partial charge is 0.326 e. The molecular weight excluding hydrogens is 520 g/mol. The van der Waals surface area contributed by atoms with Gasteiger partial charge in [0.25, 0.3) is 0 Å². The van der Waals surface area contributed by atoms with Crippen LogP contribution in [-0.2, 0) is 39.8 Å². The van der Waals surface area contributed by atoms with Gasteiger partial charge in [-0.3, -0.25) is 14.4 Å². The quantitative estimate of drug-likeness (QED) is 0.119. The fourth-order valence-electron chi connectivity index (χ4n) is 3.38. The molecule has 226 valence electrons. The number of carbonyl (C=O) groups is 4. The molecule has 0 spiro atoms. The summed E-state index contributed by atoms with van der Waals surface area (Å²) in [6, 6.07) is 7.48. The number of aliphatic carboxylic acids is 1. The lowest BCUT2D eigenvalue weighted by Gasteiger charge is -2.15. The van der Waals surface area contributed by atoms with Gasteiger partial charge in [-0.2, -0.15) is 0 Å². The lowest BCUT2D eigenvalue weighted by molar-refractivity contribution is -0.141. The van der Waals surface area contributed by atoms with Crippen LogP contribution < -0.4 is 21.7 Å². The van der Waals surface area contributed by atoms with Crippen LogP contribution in [0.1, 0.15) is 45.1 Å². The molecule has 0 aliphatic carbocycles. The Morgan fingerprint density at radius 1 is 0.800 bits per heavy atom. The second-order valence-electron chi connectivity index (χ2n) is 9.60. The zero-order valence-corrected chi connectivity index (χ0v) is 23.7. The first-order chi connectivity index (χ1) is 19.2. The molecule has 0 aromatic heterocycles. The van der Waals surface area contributed by atoms with E-state index in [1.165, 1.54) is 0 Å². The molecule has 0 bridgehead atoms. The first kappa shape index (κ1) is 35.0. The van der Waals surface area contributed by atoms with Crippen molar-refractivity contribution in [1.29, 1.82) is 0 Å². The van der Waals surface area contributed by atoms with Gasteiger partial charge in [-0.1, -0.05) is 44.2 Å². The zero-order chi connectivity index (χ0) is 29.6. The third-order valence-corrected chi connectivity index (χ3v) is 5.81. The molecule has 0 aliphatic rings. The van der Waals surface area contributed by atoms with Crippen molar-refractivity contribution in [2.24, 2.45) is 11.7 Å². The van der Waals surface area contributed by atoms with Gasteiger partial charge in [0.15, 0.2) is 0 Å². The van der Waals surface area contributed by atoms with E-state index in [9.17, 15) is 24.3 Å².